The number of hydrogen-bond acceptors (Lipinski definition) is 1. The van der Waals surface area contributed by atoms with Crippen molar-refractivity contribution >= 4 is 38.9 Å². The lowest BCUT2D eigenvalue weighted by atomic mass is 10.1. The Morgan fingerprint density at radius 3 is 2.47 bits per heavy atom. The summed E-state index contributed by atoms with van der Waals surface area (Å²) in [5.74, 6) is 0.506. The zero-order valence-corrected chi connectivity index (χ0v) is 11.9. The molecule has 2 rings (SSSR count). The smallest absolute Gasteiger partial charge is 0.0495 e. The molecule has 17 heavy (non-hydrogen) atoms. The fourth-order valence-electron chi connectivity index (χ4n) is 1.78. The van der Waals surface area contributed by atoms with Crippen LogP contribution in [0.3, 0.4) is 0 Å². The number of benzene rings is 2. The van der Waals surface area contributed by atoms with Crippen molar-refractivity contribution in [3.63, 3.8) is 0 Å². The van der Waals surface area contributed by atoms with E-state index >= 15 is 0 Å². The zero-order valence-electron chi connectivity index (χ0n) is 9.53. The van der Waals surface area contributed by atoms with Gasteiger partial charge in [-0.3, -0.25) is 0 Å². The van der Waals surface area contributed by atoms with Crippen LogP contribution in [0.25, 0.3) is 0 Å². The van der Waals surface area contributed by atoms with Crippen molar-refractivity contribution in [2.75, 3.05) is 11.9 Å². The SMILES string of the molecule is CN(c1ccccc1)c1ccc(Br)cc1CCl. The van der Waals surface area contributed by atoms with Crippen LogP contribution in [0.15, 0.2) is 53.0 Å². The number of anilines is 2. The molecule has 0 atom stereocenters. The van der Waals surface area contributed by atoms with Gasteiger partial charge in [0.2, 0.25) is 0 Å². The van der Waals surface area contributed by atoms with Crippen LogP contribution in [-0.2, 0) is 5.88 Å². The summed E-state index contributed by atoms with van der Waals surface area (Å²) in [4.78, 5) is 2.14. The first kappa shape index (κ1) is 12.5. The average Bonchev–Trinajstić information content (AvgIpc) is 2.39. The second-order valence-corrected chi connectivity index (χ2v) is 4.98. The molecule has 0 amide bonds. The number of halogens is 2. The van der Waals surface area contributed by atoms with Gasteiger partial charge in [-0.25, -0.2) is 0 Å². The molecule has 0 fully saturated rings. The predicted octanol–water partition coefficient (Wildman–Crippen LogP) is 4.96. The Hall–Kier alpha value is -0.990. The molecule has 0 saturated carbocycles. The number of alkyl halides is 1. The van der Waals surface area contributed by atoms with E-state index in [2.05, 4.69) is 52.1 Å². The first-order valence-corrected chi connectivity index (χ1v) is 6.68. The maximum Gasteiger partial charge on any atom is 0.0495 e. The van der Waals surface area contributed by atoms with Crippen molar-refractivity contribution in [2.24, 2.45) is 0 Å². The molecule has 1 nitrogen and oxygen atoms in total. The molecular formula is C14H13BrClN. The average molecular weight is 311 g/mol. The van der Waals surface area contributed by atoms with E-state index in [0.717, 1.165) is 21.4 Å². The van der Waals surface area contributed by atoms with Gasteiger partial charge < -0.3 is 4.90 Å². The van der Waals surface area contributed by atoms with Gasteiger partial charge in [0, 0.05) is 28.8 Å². The molecule has 0 aromatic heterocycles. The van der Waals surface area contributed by atoms with Gasteiger partial charge in [0.25, 0.3) is 0 Å². The van der Waals surface area contributed by atoms with E-state index in [1.165, 1.54) is 0 Å². The summed E-state index contributed by atoms with van der Waals surface area (Å²) < 4.78 is 1.05. The monoisotopic (exact) mass is 309 g/mol. The second kappa shape index (κ2) is 5.56. The van der Waals surface area contributed by atoms with Gasteiger partial charge in [-0.2, -0.15) is 0 Å². The van der Waals surface area contributed by atoms with Crippen LogP contribution in [0.5, 0.6) is 0 Å². The lowest BCUT2D eigenvalue weighted by Gasteiger charge is -2.22. The van der Waals surface area contributed by atoms with Crippen LogP contribution >= 0.6 is 27.5 Å². The van der Waals surface area contributed by atoms with Crippen LogP contribution in [0.2, 0.25) is 0 Å². The van der Waals surface area contributed by atoms with Gasteiger partial charge in [-0.1, -0.05) is 34.1 Å². The van der Waals surface area contributed by atoms with E-state index in [1.54, 1.807) is 0 Å². The Balaban J connectivity index is 2.40. The molecule has 88 valence electrons. The van der Waals surface area contributed by atoms with E-state index in [1.807, 2.05) is 24.3 Å². The van der Waals surface area contributed by atoms with Crippen LogP contribution < -0.4 is 4.90 Å². The molecule has 0 aliphatic heterocycles. The van der Waals surface area contributed by atoms with E-state index in [-0.39, 0.29) is 0 Å². The van der Waals surface area contributed by atoms with Gasteiger partial charge in [-0.05, 0) is 35.9 Å². The fourth-order valence-corrected chi connectivity index (χ4v) is 2.40. The molecule has 3 heteroatoms. The molecular weight excluding hydrogens is 298 g/mol. The van der Waals surface area contributed by atoms with Crippen LogP contribution in [0, 0.1) is 0 Å². The lowest BCUT2D eigenvalue weighted by molar-refractivity contribution is 1.17. The summed E-state index contributed by atoms with van der Waals surface area (Å²) in [5, 5.41) is 0. The Labute approximate surface area is 115 Å². The molecule has 0 N–H and O–H groups in total. The number of hydrogen-bond donors (Lipinski definition) is 0. The Morgan fingerprint density at radius 1 is 1.12 bits per heavy atom. The van der Waals surface area contributed by atoms with Gasteiger partial charge in [0.1, 0.15) is 0 Å². The molecule has 0 saturated heterocycles. The summed E-state index contributed by atoms with van der Waals surface area (Å²) in [7, 11) is 2.05. The van der Waals surface area contributed by atoms with E-state index in [9.17, 15) is 0 Å². The fraction of sp³-hybridized carbons (Fsp3) is 0.143. The lowest BCUT2D eigenvalue weighted by Crippen LogP contribution is -2.11. The quantitative estimate of drug-likeness (QED) is 0.725. The summed E-state index contributed by atoms with van der Waals surface area (Å²) in [6.45, 7) is 0. The first-order valence-electron chi connectivity index (χ1n) is 5.35. The highest BCUT2D eigenvalue weighted by molar-refractivity contribution is 9.10. The normalized spacial score (nSPS) is 10.3. The molecule has 0 unspecified atom stereocenters. The third-order valence-corrected chi connectivity index (χ3v) is 3.47. The minimum atomic E-state index is 0.506. The molecule has 0 aliphatic rings. The summed E-state index contributed by atoms with van der Waals surface area (Å²) >= 11 is 9.45. The summed E-state index contributed by atoms with van der Waals surface area (Å²) in [6.07, 6.45) is 0. The van der Waals surface area contributed by atoms with Gasteiger partial charge in [0.05, 0.1) is 0 Å². The van der Waals surface area contributed by atoms with Gasteiger partial charge in [-0.15, -0.1) is 11.6 Å². The minimum Gasteiger partial charge on any atom is -0.344 e. The van der Waals surface area contributed by atoms with Crippen molar-refractivity contribution in [2.45, 2.75) is 5.88 Å². The third-order valence-electron chi connectivity index (χ3n) is 2.69. The second-order valence-electron chi connectivity index (χ2n) is 3.80. The van der Waals surface area contributed by atoms with E-state index in [0.29, 0.717) is 5.88 Å². The number of nitrogens with zero attached hydrogens (tertiary/aromatic N) is 1. The van der Waals surface area contributed by atoms with Crippen molar-refractivity contribution in [3.8, 4) is 0 Å². The van der Waals surface area contributed by atoms with Crippen molar-refractivity contribution in [3.05, 3.63) is 58.6 Å². The molecule has 2 aromatic rings. The predicted molar refractivity (Wildman–Crippen MR) is 78.2 cm³/mol. The molecule has 0 bridgehead atoms. The maximum absolute atomic E-state index is 5.99. The first-order chi connectivity index (χ1) is 8.22. The Morgan fingerprint density at radius 2 is 1.82 bits per heavy atom. The Bertz CT molecular complexity index is 499. The summed E-state index contributed by atoms with van der Waals surface area (Å²) in [6, 6.07) is 16.4. The molecule has 0 radical (unpaired) electrons. The van der Waals surface area contributed by atoms with E-state index < -0.39 is 0 Å². The highest BCUT2D eigenvalue weighted by atomic mass is 79.9. The molecule has 2 aromatic carbocycles. The van der Waals surface area contributed by atoms with Crippen molar-refractivity contribution in [1.29, 1.82) is 0 Å². The number of para-hydroxylation sites is 1. The standard InChI is InChI=1S/C14H13BrClN/c1-17(13-5-3-2-4-6-13)14-8-7-12(15)9-11(14)10-16/h2-9H,10H2,1H3. The largest absolute Gasteiger partial charge is 0.344 e. The molecule has 0 aliphatic carbocycles. The van der Waals surface area contributed by atoms with Crippen LogP contribution in [0.4, 0.5) is 11.4 Å². The highest BCUT2D eigenvalue weighted by Crippen LogP contribution is 2.30. The zero-order chi connectivity index (χ0) is 12.3. The van der Waals surface area contributed by atoms with E-state index in [4.69, 9.17) is 11.6 Å². The van der Waals surface area contributed by atoms with Crippen molar-refractivity contribution in [1.82, 2.24) is 0 Å². The van der Waals surface area contributed by atoms with Crippen LogP contribution in [0.1, 0.15) is 5.56 Å². The maximum atomic E-state index is 5.99. The van der Waals surface area contributed by atoms with Gasteiger partial charge >= 0.3 is 0 Å². The van der Waals surface area contributed by atoms with Crippen molar-refractivity contribution < 1.29 is 0 Å². The van der Waals surface area contributed by atoms with Crippen LogP contribution in [-0.4, -0.2) is 7.05 Å². The number of rotatable bonds is 3. The Kier molecular flexibility index (Phi) is 4.08. The third kappa shape index (κ3) is 2.82. The molecule has 0 heterocycles. The minimum absolute atomic E-state index is 0.506. The highest BCUT2D eigenvalue weighted by Gasteiger charge is 2.08. The topological polar surface area (TPSA) is 3.24 Å². The molecule has 0 spiro atoms. The van der Waals surface area contributed by atoms with Gasteiger partial charge in [0.15, 0.2) is 0 Å². The summed E-state index contributed by atoms with van der Waals surface area (Å²) in [5.41, 5.74) is 3.41.